The molecule has 0 spiro atoms. The van der Waals surface area contributed by atoms with Crippen LogP contribution in [0.4, 0.5) is 5.13 Å². The number of hydrogen-bond acceptors (Lipinski definition) is 4. The van der Waals surface area contributed by atoms with Crippen molar-refractivity contribution in [2.45, 2.75) is 53.0 Å². The molecule has 0 aliphatic rings. The van der Waals surface area contributed by atoms with Crippen LogP contribution in [0.1, 0.15) is 51.6 Å². The highest BCUT2D eigenvalue weighted by atomic mass is 32.1. The van der Waals surface area contributed by atoms with Crippen molar-refractivity contribution in [3.63, 3.8) is 0 Å². The molecule has 0 aliphatic heterocycles. The van der Waals surface area contributed by atoms with E-state index < -0.39 is 0 Å². The standard InChI is InChI=1S/C14H27N3S/c1-7-9-17(6)13-16-12(14(3,4)5)11(18-13)10-15-8-2/h15H,7-10H2,1-6H3. The lowest BCUT2D eigenvalue weighted by atomic mass is 9.91. The molecule has 0 unspecified atom stereocenters. The SMILES string of the molecule is CCCN(C)c1nc(C(C)(C)C)c(CNCC)s1. The maximum Gasteiger partial charge on any atom is 0.185 e. The van der Waals surface area contributed by atoms with Crippen LogP contribution in [0.5, 0.6) is 0 Å². The van der Waals surface area contributed by atoms with E-state index in [1.165, 1.54) is 10.6 Å². The zero-order valence-corrected chi connectivity index (χ0v) is 13.4. The third-order valence-corrected chi connectivity index (χ3v) is 3.99. The van der Waals surface area contributed by atoms with E-state index in [2.05, 4.69) is 51.9 Å². The molecule has 0 aliphatic carbocycles. The number of nitrogens with one attached hydrogen (secondary N) is 1. The van der Waals surface area contributed by atoms with Gasteiger partial charge in [0.25, 0.3) is 0 Å². The number of anilines is 1. The van der Waals surface area contributed by atoms with Crippen LogP contribution < -0.4 is 10.2 Å². The van der Waals surface area contributed by atoms with E-state index in [-0.39, 0.29) is 5.41 Å². The molecule has 0 atom stereocenters. The molecule has 1 rings (SSSR count). The van der Waals surface area contributed by atoms with Gasteiger partial charge in [-0.1, -0.05) is 34.6 Å². The van der Waals surface area contributed by atoms with Crippen LogP contribution in [0, 0.1) is 0 Å². The first-order valence-electron chi connectivity index (χ1n) is 6.82. The smallest absolute Gasteiger partial charge is 0.185 e. The summed E-state index contributed by atoms with van der Waals surface area (Å²) in [6.07, 6.45) is 1.16. The predicted molar refractivity (Wildman–Crippen MR) is 81.8 cm³/mol. The molecule has 0 bridgehead atoms. The molecule has 0 fully saturated rings. The van der Waals surface area contributed by atoms with Gasteiger partial charge in [-0.15, -0.1) is 11.3 Å². The lowest BCUT2D eigenvalue weighted by molar-refractivity contribution is 0.560. The molecule has 0 aromatic carbocycles. The van der Waals surface area contributed by atoms with Crippen LogP contribution in [0.2, 0.25) is 0 Å². The topological polar surface area (TPSA) is 28.2 Å². The molecule has 0 radical (unpaired) electrons. The summed E-state index contributed by atoms with van der Waals surface area (Å²) in [5.41, 5.74) is 1.36. The molecule has 1 aromatic rings. The van der Waals surface area contributed by atoms with E-state index in [0.717, 1.165) is 31.2 Å². The highest BCUT2D eigenvalue weighted by Crippen LogP contribution is 2.33. The first-order valence-corrected chi connectivity index (χ1v) is 7.63. The maximum absolute atomic E-state index is 4.86. The zero-order valence-electron chi connectivity index (χ0n) is 12.6. The van der Waals surface area contributed by atoms with E-state index in [1.54, 1.807) is 0 Å². The molecule has 104 valence electrons. The highest BCUT2D eigenvalue weighted by molar-refractivity contribution is 7.15. The summed E-state index contributed by atoms with van der Waals surface area (Å²) >= 11 is 1.83. The van der Waals surface area contributed by atoms with Gasteiger partial charge >= 0.3 is 0 Å². The second-order valence-electron chi connectivity index (χ2n) is 5.72. The van der Waals surface area contributed by atoms with Gasteiger partial charge in [-0.05, 0) is 13.0 Å². The predicted octanol–water partition coefficient (Wildman–Crippen LogP) is 3.40. The van der Waals surface area contributed by atoms with Gasteiger partial charge < -0.3 is 10.2 Å². The average molecular weight is 269 g/mol. The van der Waals surface area contributed by atoms with Crippen molar-refractivity contribution in [2.75, 3.05) is 25.0 Å². The van der Waals surface area contributed by atoms with Crippen molar-refractivity contribution in [3.05, 3.63) is 10.6 Å². The largest absolute Gasteiger partial charge is 0.351 e. The van der Waals surface area contributed by atoms with Gasteiger partial charge in [-0.2, -0.15) is 0 Å². The Morgan fingerprint density at radius 3 is 2.44 bits per heavy atom. The van der Waals surface area contributed by atoms with Crippen molar-refractivity contribution in [1.29, 1.82) is 0 Å². The molecule has 3 nitrogen and oxygen atoms in total. The second-order valence-corrected chi connectivity index (χ2v) is 6.78. The monoisotopic (exact) mass is 269 g/mol. The van der Waals surface area contributed by atoms with E-state index >= 15 is 0 Å². The molecule has 18 heavy (non-hydrogen) atoms. The summed E-state index contributed by atoms with van der Waals surface area (Å²) in [5, 5.41) is 4.56. The first-order chi connectivity index (χ1) is 8.40. The highest BCUT2D eigenvalue weighted by Gasteiger charge is 2.23. The van der Waals surface area contributed by atoms with Crippen LogP contribution in [-0.2, 0) is 12.0 Å². The molecule has 1 heterocycles. The summed E-state index contributed by atoms with van der Waals surface area (Å²) in [5.74, 6) is 0. The molecular formula is C14H27N3S. The molecular weight excluding hydrogens is 242 g/mol. The number of nitrogens with zero attached hydrogens (tertiary/aromatic N) is 2. The Kier molecular flexibility index (Phi) is 5.60. The van der Waals surface area contributed by atoms with Gasteiger partial charge in [0, 0.05) is 30.4 Å². The van der Waals surface area contributed by atoms with Crippen LogP contribution in [0.3, 0.4) is 0 Å². The third-order valence-electron chi connectivity index (χ3n) is 2.82. The summed E-state index contributed by atoms with van der Waals surface area (Å²) in [4.78, 5) is 8.49. The van der Waals surface area contributed by atoms with Crippen molar-refractivity contribution in [2.24, 2.45) is 0 Å². The van der Waals surface area contributed by atoms with Crippen LogP contribution in [0.15, 0.2) is 0 Å². The van der Waals surface area contributed by atoms with Crippen LogP contribution in [-0.4, -0.2) is 25.1 Å². The minimum Gasteiger partial charge on any atom is -0.351 e. The summed E-state index contributed by atoms with van der Waals surface area (Å²) < 4.78 is 0. The minimum atomic E-state index is 0.118. The van der Waals surface area contributed by atoms with Gasteiger partial charge in [-0.3, -0.25) is 0 Å². The lowest BCUT2D eigenvalue weighted by Gasteiger charge is -2.18. The Morgan fingerprint density at radius 2 is 1.94 bits per heavy atom. The fourth-order valence-electron chi connectivity index (χ4n) is 1.88. The van der Waals surface area contributed by atoms with Gasteiger partial charge in [-0.25, -0.2) is 4.98 Å². The van der Waals surface area contributed by atoms with E-state index in [4.69, 9.17) is 4.98 Å². The van der Waals surface area contributed by atoms with Crippen molar-refractivity contribution >= 4 is 16.5 Å². The van der Waals surface area contributed by atoms with E-state index in [9.17, 15) is 0 Å². The molecule has 0 saturated heterocycles. The van der Waals surface area contributed by atoms with Gasteiger partial charge in [0.05, 0.1) is 5.69 Å². The summed E-state index contributed by atoms with van der Waals surface area (Å²) in [6.45, 7) is 14.1. The Bertz CT molecular complexity index is 366. The lowest BCUT2D eigenvalue weighted by Crippen LogP contribution is -2.19. The molecule has 1 aromatic heterocycles. The van der Waals surface area contributed by atoms with Crippen molar-refractivity contribution in [3.8, 4) is 0 Å². The van der Waals surface area contributed by atoms with Gasteiger partial charge in [0.15, 0.2) is 5.13 Å². The quantitative estimate of drug-likeness (QED) is 0.858. The van der Waals surface area contributed by atoms with E-state index in [1.807, 2.05) is 11.3 Å². The van der Waals surface area contributed by atoms with E-state index in [0.29, 0.717) is 0 Å². The maximum atomic E-state index is 4.86. The Balaban J connectivity index is 2.99. The average Bonchev–Trinajstić information content (AvgIpc) is 2.70. The Morgan fingerprint density at radius 1 is 1.28 bits per heavy atom. The minimum absolute atomic E-state index is 0.118. The molecule has 1 N–H and O–H groups in total. The van der Waals surface area contributed by atoms with Gasteiger partial charge in [0.2, 0.25) is 0 Å². The fourth-order valence-corrected chi connectivity index (χ4v) is 3.11. The number of rotatable bonds is 6. The Hall–Kier alpha value is -0.610. The fraction of sp³-hybridized carbons (Fsp3) is 0.786. The van der Waals surface area contributed by atoms with Gasteiger partial charge in [0.1, 0.15) is 0 Å². The summed E-state index contributed by atoms with van der Waals surface area (Å²) in [6, 6.07) is 0. The van der Waals surface area contributed by atoms with Crippen LogP contribution >= 0.6 is 11.3 Å². The third kappa shape index (κ3) is 3.95. The second kappa shape index (κ2) is 6.53. The van der Waals surface area contributed by atoms with Crippen LogP contribution in [0.25, 0.3) is 0 Å². The molecule has 0 saturated carbocycles. The normalized spacial score (nSPS) is 11.9. The zero-order chi connectivity index (χ0) is 13.8. The molecule has 0 amide bonds. The molecule has 4 heteroatoms. The van der Waals surface area contributed by atoms with Crippen molar-refractivity contribution < 1.29 is 0 Å². The number of hydrogen-bond donors (Lipinski definition) is 1. The Labute approximate surface area is 116 Å². The van der Waals surface area contributed by atoms with Crippen molar-refractivity contribution in [1.82, 2.24) is 10.3 Å². The first kappa shape index (κ1) is 15.4. The number of thiazole rings is 1. The summed E-state index contributed by atoms with van der Waals surface area (Å²) in [7, 11) is 2.13. The number of aromatic nitrogens is 1.